The van der Waals surface area contributed by atoms with Crippen LogP contribution in [0.3, 0.4) is 0 Å². The third-order valence-corrected chi connectivity index (χ3v) is 2.32. The SMILES string of the molecule is Nc1cccc(N)c1S(=O)(=O)O.[NaH]. The van der Waals surface area contributed by atoms with Gasteiger partial charge in [-0.2, -0.15) is 8.42 Å². The third kappa shape index (κ3) is 2.85. The van der Waals surface area contributed by atoms with Crippen LogP contribution < -0.4 is 11.5 Å². The van der Waals surface area contributed by atoms with Gasteiger partial charge in [-0.3, -0.25) is 4.55 Å². The van der Waals surface area contributed by atoms with Gasteiger partial charge in [0.25, 0.3) is 10.1 Å². The van der Waals surface area contributed by atoms with E-state index in [1.165, 1.54) is 18.2 Å². The summed E-state index contributed by atoms with van der Waals surface area (Å²) in [4.78, 5) is -0.426. The zero-order chi connectivity index (χ0) is 9.35. The quantitative estimate of drug-likeness (QED) is 0.329. The Balaban J connectivity index is 0.00000144. The first-order valence-electron chi connectivity index (χ1n) is 3.04. The van der Waals surface area contributed by atoms with Crippen molar-refractivity contribution in [3.63, 3.8) is 0 Å². The number of benzene rings is 1. The molecule has 0 unspecified atom stereocenters. The molecule has 0 atom stereocenters. The molecule has 1 aromatic rings. The van der Waals surface area contributed by atoms with Gasteiger partial charge in [0.15, 0.2) is 0 Å². The molecule has 0 heterocycles. The molecule has 0 saturated carbocycles. The molecule has 0 aliphatic rings. The van der Waals surface area contributed by atoms with E-state index in [1.54, 1.807) is 0 Å². The van der Waals surface area contributed by atoms with Crippen LogP contribution in [0.15, 0.2) is 23.1 Å². The van der Waals surface area contributed by atoms with Crippen molar-refractivity contribution < 1.29 is 13.0 Å². The predicted molar refractivity (Wildman–Crippen MR) is 52.2 cm³/mol. The summed E-state index contributed by atoms with van der Waals surface area (Å²) in [5.74, 6) is 0. The van der Waals surface area contributed by atoms with Crippen molar-refractivity contribution in [1.82, 2.24) is 0 Å². The Morgan fingerprint density at radius 3 is 1.77 bits per heavy atom. The molecule has 0 bridgehead atoms. The minimum absolute atomic E-state index is 0. The van der Waals surface area contributed by atoms with Gasteiger partial charge in [0.2, 0.25) is 0 Å². The van der Waals surface area contributed by atoms with Crippen LogP contribution in [0.1, 0.15) is 0 Å². The number of hydrogen-bond acceptors (Lipinski definition) is 4. The van der Waals surface area contributed by atoms with Crippen molar-refractivity contribution in [2.24, 2.45) is 0 Å². The topological polar surface area (TPSA) is 106 Å². The zero-order valence-corrected chi connectivity index (χ0v) is 6.88. The Hall–Kier alpha value is -0.270. The zero-order valence-electron chi connectivity index (χ0n) is 6.06. The number of nitrogens with two attached hydrogens (primary N) is 2. The minimum atomic E-state index is -4.31. The Morgan fingerprint density at radius 1 is 1.15 bits per heavy atom. The van der Waals surface area contributed by atoms with E-state index in [0.717, 1.165) is 0 Å². The summed E-state index contributed by atoms with van der Waals surface area (Å²) in [6.45, 7) is 0. The fourth-order valence-electron chi connectivity index (χ4n) is 0.871. The van der Waals surface area contributed by atoms with Crippen LogP contribution in [0.5, 0.6) is 0 Å². The second-order valence-electron chi connectivity index (χ2n) is 2.24. The van der Waals surface area contributed by atoms with E-state index < -0.39 is 15.0 Å². The second-order valence-corrected chi connectivity index (χ2v) is 3.60. The maximum atomic E-state index is 10.7. The van der Waals surface area contributed by atoms with E-state index in [0.29, 0.717) is 0 Å². The number of anilines is 2. The number of rotatable bonds is 1. The van der Waals surface area contributed by atoms with Gasteiger partial charge in [0.1, 0.15) is 4.90 Å². The van der Waals surface area contributed by atoms with Crippen LogP contribution in [0.25, 0.3) is 0 Å². The van der Waals surface area contributed by atoms with E-state index in [-0.39, 0.29) is 40.9 Å². The summed E-state index contributed by atoms with van der Waals surface area (Å²) < 4.78 is 30.0. The monoisotopic (exact) mass is 212 g/mol. The van der Waals surface area contributed by atoms with Crippen LogP contribution >= 0.6 is 0 Å². The molecule has 0 amide bonds. The standard InChI is InChI=1S/C6H8N2O3S.Na.H/c7-4-2-1-3-5(8)6(4)12(9,10)11;;/h1-3H,7-8H2,(H,9,10,11);;. The predicted octanol–water partition coefficient (Wildman–Crippen LogP) is -0.551. The summed E-state index contributed by atoms with van der Waals surface area (Å²) in [5.41, 5.74) is 10.5. The summed E-state index contributed by atoms with van der Waals surface area (Å²) in [7, 11) is -4.31. The molecule has 0 aliphatic heterocycles. The van der Waals surface area contributed by atoms with Crippen molar-refractivity contribution >= 4 is 51.1 Å². The number of hydrogen-bond donors (Lipinski definition) is 3. The Labute approximate surface area is 98.2 Å². The summed E-state index contributed by atoms with van der Waals surface area (Å²) in [5, 5.41) is 0. The molecular formula is C6H9N2NaO3S. The fraction of sp³-hybridized carbons (Fsp3) is 0. The van der Waals surface area contributed by atoms with Gasteiger partial charge in [0.05, 0.1) is 11.4 Å². The molecule has 0 aromatic heterocycles. The first-order chi connectivity index (χ1) is 5.43. The molecule has 0 fully saturated rings. The number of nitrogen functional groups attached to an aromatic ring is 2. The van der Waals surface area contributed by atoms with Gasteiger partial charge in [-0.15, -0.1) is 0 Å². The molecule has 7 heteroatoms. The van der Waals surface area contributed by atoms with E-state index in [2.05, 4.69) is 0 Å². The maximum absolute atomic E-state index is 10.7. The van der Waals surface area contributed by atoms with Crippen LogP contribution in [-0.2, 0) is 10.1 Å². The van der Waals surface area contributed by atoms with Crippen molar-refractivity contribution in [3.8, 4) is 0 Å². The van der Waals surface area contributed by atoms with Crippen molar-refractivity contribution in [2.45, 2.75) is 4.90 Å². The molecule has 0 saturated heterocycles. The van der Waals surface area contributed by atoms with Crippen molar-refractivity contribution in [2.75, 3.05) is 11.5 Å². The molecule has 1 aromatic carbocycles. The van der Waals surface area contributed by atoms with Gasteiger partial charge in [-0.05, 0) is 12.1 Å². The molecule has 1 rings (SSSR count). The molecule has 68 valence electrons. The molecule has 5 nitrogen and oxygen atoms in total. The second kappa shape index (κ2) is 4.30. The normalized spacial score (nSPS) is 10.5. The summed E-state index contributed by atoms with van der Waals surface area (Å²) >= 11 is 0. The molecule has 0 aliphatic carbocycles. The Bertz CT molecular complexity index is 384. The fourth-order valence-corrected chi connectivity index (χ4v) is 1.60. The first kappa shape index (κ1) is 12.7. The van der Waals surface area contributed by atoms with Gasteiger partial charge < -0.3 is 11.5 Å². The van der Waals surface area contributed by atoms with Gasteiger partial charge >= 0.3 is 29.6 Å². The van der Waals surface area contributed by atoms with E-state index >= 15 is 0 Å². The van der Waals surface area contributed by atoms with Crippen LogP contribution in [-0.4, -0.2) is 42.5 Å². The van der Waals surface area contributed by atoms with E-state index in [4.69, 9.17) is 16.0 Å². The van der Waals surface area contributed by atoms with E-state index in [9.17, 15) is 8.42 Å². The van der Waals surface area contributed by atoms with Crippen molar-refractivity contribution in [1.29, 1.82) is 0 Å². The van der Waals surface area contributed by atoms with Gasteiger partial charge in [0, 0.05) is 0 Å². The van der Waals surface area contributed by atoms with E-state index in [1.807, 2.05) is 0 Å². The van der Waals surface area contributed by atoms with Crippen molar-refractivity contribution in [3.05, 3.63) is 18.2 Å². The summed E-state index contributed by atoms with van der Waals surface area (Å²) in [6, 6.07) is 4.19. The van der Waals surface area contributed by atoms with Crippen LogP contribution in [0.4, 0.5) is 11.4 Å². The summed E-state index contributed by atoms with van der Waals surface area (Å²) in [6.07, 6.45) is 0. The Morgan fingerprint density at radius 2 is 1.54 bits per heavy atom. The van der Waals surface area contributed by atoms with Gasteiger partial charge in [-0.1, -0.05) is 6.07 Å². The molecule has 5 N–H and O–H groups in total. The molecule has 0 spiro atoms. The van der Waals surface area contributed by atoms with Gasteiger partial charge in [-0.25, -0.2) is 0 Å². The first-order valence-corrected chi connectivity index (χ1v) is 4.48. The average molecular weight is 212 g/mol. The average Bonchev–Trinajstić information content (AvgIpc) is 1.82. The molecule has 0 radical (unpaired) electrons. The molecule has 13 heavy (non-hydrogen) atoms. The Kier molecular flexibility index (Phi) is 4.21. The molecular weight excluding hydrogens is 203 g/mol. The van der Waals surface area contributed by atoms with Crippen LogP contribution in [0, 0.1) is 0 Å². The third-order valence-electron chi connectivity index (χ3n) is 1.33. The van der Waals surface area contributed by atoms with Crippen LogP contribution in [0.2, 0.25) is 0 Å².